The Morgan fingerprint density at radius 3 is 1.52 bits per heavy atom. The molecule has 4 nitrogen and oxygen atoms in total. The van der Waals surface area contributed by atoms with Gasteiger partial charge in [-0.1, -0.05) is 20.3 Å². The van der Waals surface area contributed by atoms with E-state index in [0.717, 1.165) is 6.42 Å². The molecule has 2 saturated heterocycles. The molecule has 2 fully saturated rings. The Kier molecular flexibility index (Phi) is 4.11. The second-order valence-electron chi connectivity index (χ2n) is 8.16. The molecule has 0 aromatic rings. The summed E-state index contributed by atoms with van der Waals surface area (Å²) in [6.07, 6.45) is 1.04. The highest BCUT2D eigenvalue weighted by molar-refractivity contribution is 7.11. The van der Waals surface area contributed by atoms with Crippen molar-refractivity contribution in [2.24, 2.45) is 5.92 Å². The summed E-state index contributed by atoms with van der Waals surface area (Å²) in [4.78, 5) is 0. The van der Waals surface area contributed by atoms with Crippen molar-refractivity contribution in [1.82, 2.24) is 0 Å². The van der Waals surface area contributed by atoms with Gasteiger partial charge < -0.3 is 18.6 Å². The monoisotopic (exact) mass is 296 g/mol. The quantitative estimate of drug-likeness (QED) is 0.749. The van der Waals surface area contributed by atoms with Gasteiger partial charge in [-0.3, -0.25) is 0 Å². The highest BCUT2D eigenvalue weighted by Crippen LogP contribution is 2.46. The van der Waals surface area contributed by atoms with Crippen molar-refractivity contribution in [1.29, 1.82) is 0 Å². The SMILES string of the molecule is CC[C@H](C)C1(C)OB(B2OC(C)(C)C(C)(C)O2)OC1(C)C. The van der Waals surface area contributed by atoms with Crippen molar-refractivity contribution in [2.45, 2.75) is 91.1 Å². The summed E-state index contributed by atoms with van der Waals surface area (Å²) in [5.41, 5.74) is -1.47. The van der Waals surface area contributed by atoms with E-state index in [1.165, 1.54) is 0 Å². The molecule has 0 aromatic carbocycles. The number of rotatable bonds is 3. The van der Waals surface area contributed by atoms with E-state index in [4.69, 9.17) is 18.6 Å². The zero-order valence-corrected chi connectivity index (χ0v) is 15.1. The van der Waals surface area contributed by atoms with Crippen LogP contribution in [0.15, 0.2) is 0 Å². The van der Waals surface area contributed by atoms with Gasteiger partial charge in [0.15, 0.2) is 0 Å². The standard InChI is InChI=1S/C15H30B2O4/c1-10-11(2)15(9)14(7,8)20-17(21-15)16-18-12(3,4)13(5,6)19-16/h11H,10H2,1-9H3/t11-,15?/m0/s1. The van der Waals surface area contributed by atoms with Crippen molar-refractivity contribution in [3.05, 3.63) is 0 Å². The van der Waals surface area contributed by atoms with Crippen molar-refractivity contribution >= 4 is 14.0 Å². The molecular formula is C15H30B2O4. The first-order valence-corrected chi connectivity index (χ1v) is 8.07. The highest BCUT2D eigenvalue weighted by atomic mass is 16.7. The van der Waals surface area contributed by atoms with Gasteiger partial charge in [-0.15, -0.1) is 0 Å². The summed E-state index contributed by atoms with van der Waals surface area (Å²) in [5, 5.41) is 0. The predicted molar refractivity (Wildman–Crippen MR) is 85.9 cm³/mol. The lowest BCUT2D eigenvalue weighted by atomic mass is 9.49. The zero-order valence-electron chi connectivity index (χ0n) is 15.1. The molecule has 0 saturated carbocycles. The van der Waals surface area contributed by atoms with Crippen LogP contribution in [-0.4, -0.2) is 36.4 Å². The summed E-state index contributed by atoms with van der Waals surface area (Å²) < 4.78 is 24.7. The molecule has 2 rings (SSSR count). The first-order chi connectivity index (χ1) is 9.36. The summed E-state index contributed by atoms with van der Waals surface area (Å²) in [7, 11) is -0.972. The first kappa shape index (κ1) is 17.3. The topological polar surface area (TPSA) is 36.9 Å². The van der Waals surface area contributed by atoms with E-state index in [-0.39, 0.29) is 22.4 Å². The van der Waals surface area contributed by atoms with Crippen LogP contribution in [0.3, 0.4) is 0 Å². The van der Waals surface area contributed by atoms with E-state index in [1.807, 2.05) is 27.7 Å². The average Bonchev–Trinajstić information content (AvgIpc) is 2.70. The minimum Gasteiger partial charge on any atom is -0.405 e. The van der Waals surface area contributed by atoms with Crippen LogP contribution in [-0.2, 0) is 18.6 Å². The van der Waals surface area contributed by atoms with Gasteiger partial charge in [0.2, 0.25) is 0 Å². The zero-order chi connectivity index (χ0) is 16.3. The summed E-state index contributed by atoms with van der Waals surface area (Å²) in [6, 6.07) is 0. The van der Waals surface area contributed by atoms with E-state index in [9.17, 15) is 0 Å². The molecule has 2 aliphatic rings. The van der Waals surface area contributed by atoms with Gasteiger partial charge >= 0.3 is 14.0 Å². The number of hydrogen-bond acceptors (Lipinski definition) is 4. The molecule has 120 valence electrons. The van der Waals surface area contributed by atoms with Crippen molar-refractivity contribution in [3.63, 3.8) is 0 Å². The van der Waals surface area contributed by atoms with Crippen molar-refractivity contribution in [3.8, 4) is 0 Å². The van der Waals surface area contributed by atoms with Gasteiger partial charge in [-0.05, 0) is 54.4 Å². The van der Waals surface area contributed by atoms with Gasteiger partial charge in [0.25, 0.3) is 0 Å². The Labute approximate surface area is 130 Å². The van der Waals surface area contributed by atoms with Gasteiger partial charge in [0.05, 0.1) is 22.4 Å². The molecule has 21 heavy (non-hydrogen) atoms. The molecule has 2 aliphatic heterocycles. The van der Waals surface area contributed by atoms with E-state index in [0.29, 0.717) is 5.92 Å². The Morgan fingerprint density at radius 2 is 1.10 bits per heavy atom. The fraction of sp³-hybridized carbons (Fsp3) is 1.00. The maximum Gasteiger partial charge on any atom is 0.489 e. The second kappa shape index (κ2) is 4.98. The Balaban J connectivity index is 2.19. The molecule has 0 bridgehead atoms. The normalized spacial score (nSPS) is 35.3. The first-order valence-electron chi connectivity index (χ1n) is 8.07. The third-order valence-electron chi connectivity index (χ3n) is 6.01. The second-order valence-corrected chi connectivity index (χ2v) is 8.16. The molecule has 0 radical (unpaired) electrons. The minimum absolute atomic E-state index is 0.351. The highest BCUT2D eigenvalue weighted by Gasteiger charge is 2.65. The fourth-order valence-electron chi connectivity index (χ4n) is 3.02. The van der Waals surface area contributed by atoms with Gasteiger partial charge in [0.1, 0.15) is 0 Å². The Bertz CT molecular complexity index is 394. The predicted octanol–water partition coefficient (Wildman–Crippen LogP) is 3.28. The fourth-order valence-corrected chi connectivity index (χ4v) is 3.02. The van der Waals surface area contributed by atoms with E-state index < -0.39 is 14.0 Å². The molecule has 0 N–H and O–H groups in total. The van der Waals surface area contributed by atoms with Gasteiger partial charge in [0, 0.05) is 0 Å². The molecule has 0 aromatic heterocycles. The molecule has 6 heteroatoms. The summed E-state index contributed by atoms with van der Waals surface area (Å²) >= 11 is 0. The smallest absolute Gasteiger partial charge is 0.405 e. The lowest BCUT2D eigenvalue weighted by molar-refractivity contribution is -0.0499. The van der Waals surface area contributed by atoms with Crippen LogP contribution < -0.4 is 0 Å². The van der Waals surface area contributed by atoms with Crippen LogP contribution in [0, 0.1) is 5.92 Å². The van der Waals surface area contributed by atoms with Crippen LogP contribution in [0.2, 0.25) is 0 Å². The molecule has 0 amide bonds. The van der Waals surface area contributed by atoms with Gasteiger partial charge in [-0.25, -0.2) is 0 Å². The largest absolute Gasteiger partial charge is 0.489 e. The number of hydrogen-bond donors (Lipinski definition) is 0. The maximum absolute atomic E-state index is 6.32. The van der Waals surface area contributed by atoms with Crippen LogP contribution in [0.1, 0.15) is 68.7 Å². The Hall–Kier alpha value is -0.0301. The van der Waals surface area contributed by atoms with Crippen molar-refractivity contribution < 1.29 is 18.6 Å². The molecular weight excluding hydrogens is 266 g/mol. The maximum atomic E-state index is 6.32. The third-order valence-corrected chi connectivity index (χ3v) is 6.01. The van der Waals surface area contributed by atoms with Crippen LogP contribution >= 0.6 is 0 Å². The lowest BCUT2D eigenvalue weighted by Crippen LogP contribution is -2.49. The minimum atomic E-state index is -0.486. The van der Waals surface area contributed by atoms with E-state index in [1.54, 1.807) is 0 Å². The summed E-state index contributed by atoms with van der Waals surface area (Å²) in [6.45, 7) is 18.9. The van der Waals surface area contributed by atoms with E-state index in [2.05, 4.69) is 34.6 Å². The van der Waals surface area contributed by atoms with Crippen molar-refractivity contribution in [2.75, 3.05) is 0 Å². The Morgan fingerprint density at radius 1 is 0.714 bits per heavy atom. The lowest BCUT2D eigenvalue weighted by Gasteiger charge is -2.41. The van der Waals surface area contributed by atoms with Crippen LogP contribution in [0.4, 0.5) is 0 Å². The molecule has 2 atom stereocenters. The van der Waals surface area contributed by atoms with Gasteiger partial charge in [-0.2, -0.15) is 0 Å². The van der Waals surface area contributed by atoms with Crippen LogP contribution in [0.25, 0.3) is 0 Å². The molecule has 2 heterocycles. The molecule has 0 spiro atoms. The molecule has 0 aliphatic carbocycles. The van der Waals surface area contributed by atoms with E-state index >= 15 is 0 Å². The third kappa shape index (κ3) is 2.58. The average molecular weight is 296 g/mol. The molecule has 1 unspecified atom stereocenters. The van der Waals surface area contributed by atoms with Crippen LogP contribution in [0.5, 0.6) is 0 Å². The summed E-state index contributed by atoms with van der Waals surface area (Å²) in [5.74, 6) is 0.389.